The average Bonchev–Trinajstić information content (AvgIpc) is 0.502. The van der Waals surface area contributed by atoms with Gasteiger partial charge in [-0.2, -0.15) is 0 Å². The van der Waals surface area contributed by atoms with Crippen LogP contribution in [0.3, 0.4) is 0 Å². The Morgan fingerprint density at radius 2 is 1.52 bits per heavy atom. The number of nitrogens with one attached hydrogen (secondary N) is 9. The molecule has 0 saturated carbocycles. The molecular formula is C66H102ClN13O20. The zero-order chi connectivity index (χ0) is 76.0. The fourth-order valence-electron chi connectivity index (χ4n) is 10.8. The summed E-state index contributed by atoms with van der Waals surface area (Å²) in [7, 11) is 3.51. The molecule has 12 amide bonds. The lowest BCUT2D eigenvalue weighted by Gasteiger charge is -2.41. The summed E-state index contributed by atoms with van der Waals surface area (Å²) in [5, 5.41) is 63.7. The number of piperidine rings is 1. The maximum absolute atomic E-state index is 15.4. The fourth-order valence-corrected chi connectivity index (χ4v) is 11.1. The second kappa shape index (κ2) is 39.4. The summed E-state index contributed by atoms with van der Waals surface area (Å²) in [6.45, 7) is 14.8. The number of fused-ring (bicyclic) bond motifs is 1. The van der Waals surface area contributed by atoms with E-state index in [4.69, 9.17) is 37.3 Å². The number of phenols is 1. The number of benzene rings is 1. The van der Waals surface area contributed by atoms with E-state index >= 15 is 19.2 Å². The van der Waals surface area contributed by atoms with Crippen LogP contribution in [0.1, 0.15) is 114 Å². The minimum atomic E-state index is -2.43. The molecule has 33 nitrogen and oxygen atoms in total. The van der Waals surface area contributed by atoms with Gasteiger partial charge in [0.15, 0.2) is 5.60 Å². The minimum Gasteiger partial charge on any atom is -0.508 e. The predicted molar refractivity (Wildman–Crippen MR) is 362 cm³/mol. The van der Waals surface area contributed by atoms with Gasteiger partial charge in [-0.25, -0.2) is 4.79 Å². The molecule has 17 N–H and O–H groups in total. The molecular weight excluding hydrogens is 1330 g/mol. The SMILES string of the molecule is C/C=C(/NC(=O)CNC(=O)C(C)(O)C(O)/C=C\C(C)=C\C(C)CC)C(=O)N[C@H](C(=O)N[C@H](C(=O)N[C@H]1C(=O)NC(COC)C(=O)NCC(=O)N[C@@H](C)C(=O)N(C)C([C@@H](C)O)C(=O)N[C@H](C(OC)c2ccc(O)cc2)C(=O)N2CC[C@H](Cl)C[C@H]2C(=O)OC1C(C)C)[C@@H](C)[C@@H](C)C(N)=O)[C@@H](C)N. The third kappa shape index (κ3) is 24.1. The Morgan fingerprint density at radius 3 is 2.07 bits per heavy atom. The number of halogens is 1. The first-order valence-electron chi connectivity index (χ1n) is 32.8. The third-order valence-electron chi connectivity index (χ3n) is 17.3. The Kier molecular flexibility index (Phi) is 33.7. The number of rotatable bonds is 26. The largest absolute Gasteiger partial charge is 0.508 e. The van der Waals surface area contributed by atoms with Crippen LogP contribution in [0, 0.1) is 23.7 Å². The van der Waals surface area contributed by atoms with Crippen molar-refractivity contribution in [3.05, 3.63) is 65.4 Å². The number of esters is 1. The van der Waals surface area contributed by atoms with E-state index in [1.807, 2.05) is 19.9 Å². The highest BCUT2D eigenvalue weighted by Gasteiger charge is 2.48. The van der Waals surface area contributed by atoms with E-state index in [2.05, 4.69) is 47.9 Å². The second-order valence-corrected chi connectivity index (χ2v) is 26.3. The number of methoxy groups -OCH3 is 2. The number of nitrogens with zero attached hydrogens (tertiary/aromatic N) is 2. The highest BCUT2D eigenvalue weighted by atomic mass is 35.5. The molecule has 34 heteroatoms. The van der Waals surface area contributed by atoms with E-state index in [1.165, 1.54) is 98.9 Å². The molecule has 558 valence electrons. The summed E-state index contributed by atoms with van der Waals surface area (Å²) in [5.74, 6) is -17.9. The predicted octanol–water partition coefficient (Wildman–Crippen LogP) is -2.94. The van der Waals surface area contributed by atoms with E-state index in [1.54, 1.807) is 6.92 Å². The summed E-state index contributed by atoms with van der Waals surface area (Å²) in [6, 6.07) is -10.3. The first-order chi connectivity index (χ1) is 46.7. The molecule has 1 aromatic rings. The number of carbonyl (C=O) groups excluding carboxylic acids is 13. The Hall–Kier alpha value is -8.60. The van der Waals surface area contributed by atoms with Crippen molar-refractivity contribution in [2.75, 3.05) is 47.5 Å². The molecule has 0 radical (unpaired) electrons. The molecule has 2 fully saturated rings. The normalized spacial score (nSPS) is 24.8. The number of alkyl halides is 1. The smallest absolute Gasteiger partial charge is 0.329 e. The Morgan fingerprint density at radius 1 is 0.890 bits per heavy atom. The number of ether oxygens (including phenoxy) is 3. The highest BCUT2D eigenvalue weighted by Crippen LogP contribution is 2.31. The number of aromatic hydroxyl groups is 1. The van der Waals surface area contributed by atoms with Gasteiger partial charge < -0.3 is 104 Å². The van der Waals surface area contributed by atoms with Crippen molar-refractivity contribution in [3.8, 4) is 5.75 Å². The molecule has 0 spiro atoms. The zero-order valence-electron chi connectivity index (χ0n) is 59.2. The molecule has 0 aromatic heterocycles. The van der Waals surface area contributed by atoms with Crippen molar-refractivity contribution in [2.24, 2.45) is 35.1 Å². The molecule has 7 unspecified atom stereocenters. The van der Waals surface area contributed by atoms with Crippen molar-refractivity contribution < 1.29 is 97.0 Å². The number of cyclic esters (lactones) is 1. The number of primary amides is 1. The molecule has 1 aromatic carbocycles. The quantitative estimate of drug-likeness (QED) is 0.0191. The van der Waals surface area contributed by atoms with E-state index in [0.717, 1.165) is 49.0 Å². The van der Waals surface area contributed by atoms with Crippen LogP contribution in [0.4, 0.5) is 0 Å². The average molecular weight is 1430 g/mol. The number of likely N-dealkylation sites (N-methyl/N-ethyl adjacent to an activating group) is 1. The fraction of sp³-hybridized carbons (Fsp3) is 0.621. The number of allylic oxidation sites excluding steroid dienone is 4. The van der Waals surface area contributed by atoms with Gasteiger partial charge >= 0.3 is 5.97 Å². The van der Waals surface area contributed by atoms with Gasteiger partial charge in [0.25, 0.3) is 11.8 Å². The lowest BCUT2D eigenvalue weighted by Crippen LogP contribution is -2.66. The van der Waals surface area contributed by atoms with Crippen LogP contribution < -0.4 is 59.3 Å². The van der Waals surface area contributed by atoms with Crippen LogP contribution in [0.2, 0.25) is 0 Å². The molecule has 100 heavy (non-hydrogen) atoms. The number of aliphatic hydroxyl groups excluding tert-OH is 2. The Labute approximate surface area is 586 Å². The monoisotopic (exact) mass is 1430 g/mol. The number of phenolic OH excluding ortho intramolecular Hbond substituents is 1. The van der Waals surface area contributed by atoms with Gasteiger partial charge in [-0.1, -0.05) is 90.0 Å². The van der Waals surface area contributed by atoms with Gasteiger partial charge in [-0.05, 0) is 89.8 Å². The first kappa shape index (κ1) is 85.6. The van der Waals surface area contributed by atoms with Crippen molar-refractivity contribution in [3.63, 3.8) is 0 Å². The van der Waals surface area contributed by atoms with Crippen LogP contribution in [0.25, 0.3) is 0 Å². The van der Waals surface area contributed by atoms with Crippen molar-refractivity contribution in [1.29, 1.82) is 0 Å². The highest BCUT2D eigenvalue weighted by molar-refractivity contribution is 6.21. The molecule has 0 bridgehead atoms. The molecule has 2 heterocycles. The zero-order valence-corrected chi connectivity index (χ0v) is 60.0. The topological polar surface area (TPSA) is 497 Å². The first-order valence-corrected chi connectivity index (χ1v) is 33.2. The van der Waals surface area contributed by atoms with Crippen LogP contribution in [0.15, 0.2) is 59.8 Å². The van der Waals surface area contributed by atoms with Crippen LogP contribution in [-0.2, 0) is 76.5 Å². The molecule has 2 saturated heterocycles. The number of carbonyl (C=O) groups is 13. The molecule has 3 rings (SSSR count). The summed E-state index contributed by atoms with van der Waals surface area (Å²) in [5.41, 5.74) is 10.1. The number of nitrogens with two attached hydrogens (primary N) is 2. The van der Waals surface area contributed by atoms with Gasteiger partial charge in [0.2, 0.25) is 59.1 Å². The minimum absolute atomic E-state index is 0.0502. The third-order valence-corrected chi connectivity index (χ3v) is 17.7. The van der Waals surface area contributed by atoms with Gasteiger partial charge in [-0.15, -0.1) is 11.6 Å². The number of amides is 12. The van der Waals surface area contributed by atoms with Crippen LogP contribution in [-0.4, -0.2) is 238 Å². The standard InChI is InChI=1S/C66H102ClN13O20/c1-16-32(5)26-33(6)18-23-45(83)66(12,97)65(96)71-29-47(85)73-42(17-2)57(88)76-49(36(9)68)59(90)75-48(34(7)35(8)55(69)86)58(89)77-50-53(31(3)4)100-64(95)44-27-40(67)24-25-80(44)63(94)51(54(99-15)39-19-21-41(82)22-20-39)78-61(92)52(38(11)81)79(13)62(93)37(10)72-46(84)28-70-56(87)43(30-98-14)74-60(50)91/h17-23,26,31-32,34-38,40,43-45,48-54,81-83,97H,16,24-25,27-30,68H2,1-15H3,(H2,69,86)(H,70,87)(H,71,96)(H,72,84)(H,73,85)(H,74,91)(H,75,90)(H,76,88)(H,77,89)(H,78,92)/b23-18-,33-26+,42-17+/t32?,34-,35+,36+,37-,38+,40-,43?,44-,45?,48-,49-,50+,51+,52?,53?,54?,66?/m0/s1. The van der Waals surface area contributed by atoms with Gasteiger partial charge in [0, 0.05) is 45.1 Å². The van der Waals surface area contributed by atoms with Crippen LogP contribution >= 0.6 is 11.6 Å². The van der Waals surface area contributed by atoms with Gasteiger partial charge in [-0.3, -0.25) is 57.5 Å². The summed E-state index contributed by atoms with van der Waals surface area (Å²) in [4.78, 5) is 186. The maximum atomic E-state index is 15.4. The summed E-state index contributed by atoms with van der Waals surface area (Å²) >= 11 is 6.75. The van der Waals surface area contributed by atoms with E-state index in [9.17, 15) is 63.6 Å². The molecule has 2 aliphatic heterocycles. The number of hydrogen-bond donors (Lipinski definition) is 15. The van der Waals surface area contributed by atoms with Gasteiger partial charge in [0.05, 0.1) is 25.8 Å². The summed E-state index contributed by atoms with van der Waals surface area (Å²) < 4.78 is 17.3. The molecule has 0 aliphatic carbocycles. The second-order valence-electron chi connectivity index (χ2n) is 25.7. The molecule has 2 aliphatic rings. The number of aliphatic hydroxyl groups is 3. The molecule has 18 atom stereocenters. The van der Waals surface area contributed by atoms with Crippen LogP contribution in [0.5, 0.6) is 5.75 Å². The summed E-state index contributed by atoms with van der Waals surface area (Å²) in [6.07, 6.45) is -0.255. The van der Waals surface area contributed by atoms with Crippen molar-refractivity contribution >= 4 is 88.5 Å². The lowest BCUT2D eigenvalue weighted by atomic mass is 9.87. The van der Waals surface area contributed by atoms with E-state index in [-0.39, 0.29) is 36.6 Å². The van der Waals surface area contributed by atoms with E-state index in [0.29, 0.717) is 0 Å². The lowest BCUT2D eigenvalue weighted by molar-refractivity contribution is -0.168. The Balaban J connectivity index is 2.20. The van der Waals surface area contributed by atoms with E-state index < -0.39 is 210 Å². The Bertz CT molecular complexity index is 3180. The van der Waals surface area contributed by atoms with Gasteiger partial charge in [0.1, 0.15) is 78.1 Å². The van der Waals surface area contributed by atoms with Crippen molar-refractivity contribution in [1.82, 2.24) is 57.7 Å². The van der Waals surface area contributed by atoms with Crippen molar-refractivity contribution in [2.45, 2.75) is 192 Å². The number of hydrogen-bond acceptors (Lipinski definition) is 21. The maximum Gasteiger partial charge on any atom is 0.329 e.